The van der Waals surface area contributed by atoms with E-state index >= 15 is 0 Å². The second-order valence-corrected chi connectivity index (χ2v) is 5.55. The van der Waals surface area contributed by atoms with Crippen LogP contribution in [-0.4, -0.2) is 17.7 Å². The maximum absolute atomic E-state index is 12.1. The lowest BCUT2D eigenvalue weighted by molar-refractivity contribution is -0.385. The molecule has 0 aromatic heterocycles. The molecule has 1 heterocycles. The van der Waals surface area contributed by atoms with Gasteiger partial charge in [-0.1, -0.05) is 12.2 Å². The normalized spacial score (nSPS) is 19.6. The lowest BCUT2D eigenvalue weighted by Gasteiger charge is -2.21. The first kappa shape index (κ1) is 15.5. The molecule has 1 aromatic rings. The zero-order valence-electron chi connectivity index (χ0n) is 12.5. The Labute approximate surface area is 133 Å². The van der Waals surface area contributed by atoms with Gasteiger partial charge >= 0.3 is 5.97 Å². The molecule has 0 saturated carbocycles. The first-order valence-electron chi connectivity index (χ1n) is 7.47. The van der Waals surface area contributed by atoms with Crippen molar-refractivity contribution in [2.75, 3.05) is 6.79 Å². The molecule has 0 N–H and O–H groups in total. The van der Waals surface area contributed by atoms with Gasteiger partial charge in [0.2, 0.25) is 0 Å². The van der Waals surface area contributed by atoms with Crippen molar-refractivity contribution in [2.45, 2.75) is 32.5 Å². The molecule has 0 bridgehead atoms. The minimum absolute atomic E-state index is 0.0386. The van der Waals surface area contributed by atoms with Crippen LogP contribution in [0.4, 0.5) is 5.69 Å². The third kappa shape index (κ3) is 3.50. The van der Waals surface area contributed by atoms with Crippen LogP contribution < -0.4 is 4.74 Å². The van der Waals surface area contributed by atoms with E-state index in [4.69, 9.17) is 14.2 Å². The molecule has 0 spiro atoms. The average molecular weight is 319 g/mol. The third-order valence-electron chi connectivity index (χ3n) is 3.95. The standard InChI is InChI=1S/C16H17NO6/c18-16(11-4-2-1-3-5-11)22-9-13-7-14(17(19)20)6-12-8-21-10-23-15(12)13/h1-2,6-7,11H,3-5,8-10H2/t11-/m0/s1. The number of carbonyl (C=O) groups is 1. The first-order valence-corrected chi connectivity index (χ1v) is 7.47. The van der Waals surface area contributed by atoms with Gasteiger partial charge in [0.15, 0.2) is 6.79 Å². The topological polar surface area (TPSA) is 87.9 Å². The highest BCUT2D eigenvalue weighted by molar-refractivity contribution is 5.73. The van der Waals surface area contributed by atoms with E-state index in [1.165, 1.54) is 12.1 Å². The van der Waals surface area contributed by atoms with Crippen LogP contribution in [-0.2, 0) is 27.5 Å². The van der Waals surface area contributed by atoms with E-state index < -0.39 is 4.92 Å². The van der Waals surface area contributed by atoms with Crippen molar-refractivity contribution in [1.82, 2.24) is 0 Å². The molecule has 23 heavy (non-hydrogen) atoms. The maximum Gasteiger partial charge on any atom is 0.309 e. The van der Waals surface area contributed by atoms with Crippen LogP contribution in [0.3, 0.4) is 0 Å². The number of nitro groups is 1. The molecule has 0 radical (unpaired) electrons. The zero-order valence-corrected chi connectivity index (χ0v) is 12.5. The molecular weight excluding hydrogens is 302 g/mol. The van der Waals surface area contributed by atoms with Crippen LogP contribution in [0.2, 0.25) is 0 Å². The van der Waals surface area contributed by atoms with Crippen molar-refractivity contribution in [3.63, 3.8) is 0 Å². The molecule has 0 amide bonds. The monoisotopic (exact) mass is 319 g/mol. The van der Waals surface area contributed by atoms with Gasteiger partial charge in [0.05, 0.1) is 17.4 Å². The van der Waals surface area contributed by atoms with Gasteiger partial charge in [-0.2, -0.15) is 0 Å². The van der Waals surface area contributed by atoms with Crippen molar-refractivity contribution in [2.24, 2.45) is 5.92 Å². The van der Waals surface area contributed by atoms with E-state index in [2.05, 4.69) is 6.08 Å². The number of esters is 1. The summed E-state index contributed by atoms with van der Waals surface area (Å²) < 4.78 is 15.9. The fraction of sp³-hybridized carbons (Fsp3) is 0.438. The van der Waals surface area contributed by atoms with Gasteiger partial charge in [-0.3, -0.25) is 14.9 Å². The largest absolute Gasteiger partial charge is 0.467 e. The number of rotatable bonds is 4. The van der Waals surface area contributed by atoms with Crippen molar-refractivity contribution in [3.8, 4) is 5.75 Å². The molecule has 0 saturated heterocycles. The number of fused-ring (bicyclic) bond motifs is 1. The molecule has 1 aliphatic carbocycles. The second-order valence-electron chi connectivity index (χ2n) is 5.55. The molecular formula is C16H17NO6. The Morgan fingerprint density at radius 1 is 1.39 bits per heavy atom. The van der Waals surface area contributed by atoms with Crippen molar-refractivity contribution in [3.05, 3.63) is 45.5 Å². The lowest BCUT2D eigenvalue weighted by Crippen LogP contribution is -2.19. The van der Waals surface area contributed by atoms with E-state index in [0.29, 0.717) is 23.3 Å². The van der Waals surface area contributed by atoms with Gasteiger partial charge < -0.3 is 14.2 Å². The minimum atomic E-state index is -0.480. The summed E-state index contributed by atoms with van der Waals surface area (Å²) in [6, 6.07) is 2.81. The van der Waals surface area contributed by atoms with Crippen LogP contribution in [0.5, 0.6) is 5.75 Å². The van der Waals surface area contributed by atoms with Crippen molar-refractivity contribution >= 4 is 11.7 Å². The van der Waals surface area contributed by atoms with Crippen LogP contribution >= 0.6 is 0 Å². The van der Waals surface area contributed by atoms with E-state index in [9.17, 15) is 14.9 Å². The van der Waals surface area contributed by atoms with Gasteiger partial charge in [0.1, 0.15) is 12.4 Å². The Morgan fingerprint density at radius 2 is 2.26 bits per heavy atom. The van der Waals surface area contributed by atoms with Crippen molar-refractivity contribution in [1.29, 1.82) is 0 Å². The number of carbonyl (C=O) groups excluding carboxylic acids is 1. The second kappa shape index (κ2) is 6.78. The van der Waals surface area contributed by atoms with E-state index in [1.807, 2.05) is 6.08 Å². The Hall–Kier alpha value is -2.41. The molecule has 3 rings (SSSR count). The summed E-state index contributed by atoms with van der Waals surface area (Å²) in [5, 5.41) is 11.0. The predicted octanol–water partition coefficient (Wildman–Crippen LogP) is 2.86. The number of nitrogens with zero attached hydrogens (tertiary/aromatic N) is 1. The van der Waals surface area contributed by atoms with Gasteiger partial charge in [0.25, 0.3) is 5.69 Å². The molecule has 1 aliphatic heterocycles. The zero-order chi connectivity index (χ0) is 16.2. The summed E-state index contributed by atoms with van der Waals surface area (Å²) in [6.07, 6.45) is 6.34. The number of non-ortho nitro benzene ring substituents is 1. The Bertz CT molecular complexity index is 654. The van der Waals surface area contributed by atoms with Gasteiger partial charge in [-0.15, -0.1) is 0 Å². The van der Waals surface area contributed by atoms with Crippen molar-refractivity contribution < 1.29 is 23.9 Å². The summed E-state index contributed by atoms with van der Waals surface area (Å²) in [7, 11) is 0. The number of ether oxygens (including phenoxy) is 3. The number of allylic oxidation sites excluding steroid dienone is 2. The van der Waals surface area contributed by atoms with Crippen LogP contribution in [0, 0.1) is 16.0 Å². The highest BCUT2D eigenvalue weighted by atomic mass is 16.7. The van der Waals surface area contributed by atoms with Gasteiger partial charge in [-0.05, 0) is 19.3 Å². The smallest absolute Gasteiger partial charge is 0.309 e. The summed E-state index contributed by atoms with van der Waals surface area (Å²) in [6.45, 7) is 0.285. The average Bonchev–Trinajstić information content (AvgIpc) is 2.59. The first-order chi connectivity index (χ1) is 11.1. The molecule has 1 atom stereocenters. The quantitative estimate of drug-likeness (QED) is 0.367. The SMILES string of the molecule is O=C(OCc1cc([N+](=O)[O-])cc2c1OCOC2)[C@H]1CC=CCC1. The molecule has 0 unspecified atom stereocenters. The third-order valence-corrected chi connectivity index (χ3v) is 3.95. The summed E-state index contributed by atoms with van der Waals surface area (Å²) >= 11 is 0. The lowest BCUT2D eigenvalue weighted by atomic mass is 9.95. The number of hydrogen-bond acceptors (Lipinski definition) is 6. The summed E-state index contributed by atoms with van der Waals surface area (Å²) in [5.41, 5.74) is 1.03. The molecule has 0 fully saturated rings. The molecule has 7 heteroatoms. The molecule has 122 valence electrons. The van der Waals surface area contributed by atoms with Gasteiger partial charge in [0, 0.05) is 23.3 Å². The molecule has 7 nitrogen and oxygen atoms in total. The number of benzene rings is 1. The van der Waals surface area contributed by atoms with E-state index in [1.54, 1.807) is 0 Å². The minimum Gasteiger partial charge on any atom is -0.467 e. The van der Waals surface area contributed by atoms with Gasteiger partial charge in [-0.25, -0.2) is 0 Å². The Kier molecular flexibility index (Phi) is 4.57. The Morgan fingerprint density at radius 3 is 3.00 bits per heavy atom. The van der Waals surface area contributed by atoms with Crippen LogP contribution in [0.25, 0.3) is 0 Å². The Balaban J connectivity index is 1.76. The fourth-order valence-electron chi connectivity index (χ4n) is 2.77. The number of nitro benzene ring substituents is 1. The maximum atomic E-state index is 12.1. The summed E-state index contributed by atoms with van der Waals surface area (Å²) in [4.78, 5) is 22.7. The molecule has 1 aromatic carbocycles. The molecule has 2 aliphatic rings. The highest BCUT2D eigenvalue weighted by Crippen LogP contribution is 2.33. The number of hydrogen-bond donors (Lipinski definition) is 0. The van der Waals surface area contributed by atoms with E-state index in [0.717, 1.165) is 12.8 Å². The highest BCUT2D eigenvalue weighted by Gasteiger charge is 2.24. The van der Waals surface area contributed by atoms with Crippen LogP contribution in [0.1, 0.15) is 30.4 Å². The summed E-state index contributed by atoms with van der Waals surface area (Å²) in [5.74, 6) is 0.0960. The van der Waals surface area contributed by atoms with E-state index in [-0.39, 0.29) is 37.6 Å². The predicted molar refractivity (Wildman–Crippen MR) is 79.7 cm³/mol. The van der Waals surface area contributed by atoms with Crippen LogP contribution in [0.15, 0.2) is 24.3 Å². The fourth-order valence-corrected chi connectivity index (χ4v) is 2.77.